The molecule has 3 heterocycles. The first-order chi connectivity index (χ1) is 15.5. The maximum Gasteiger partial charge on any atom is 0.260 e. The predicted molar refractivity (Wildman–Crippen MR) is 116 cm³/mol. The molecule has 2 aliphatic rings. The highest BCUT2D eigenvalue weighted by molar-refractivity contribution is 5.93. The highest BCUT2D eigenvalue weighted by Crippen LogP contribution is 2.37. The molecule has 0 radical (unpaired) electrons. The SMILES string of the molecule is O=C(NCC1CCOC2(CCN(C(=O)COc3ccc(F)cc3)CC2)C1)c1ccncc1. The van der Waals surface area contributed by atoms with Gasteiger partial charge in [0.2, 0.25) is 0 Å². The average Bonchev–Trinajstić information content (AvgIpc) is 2.83. The molecule has 2 saturated heterocycles. The van der Waals surface area contributed by atoms with E-state index in [1.165, 1.54) is 24.3 Å². The van der Waals surface area contributed by atoms with Gasteiger partial charge in [0.15, 0.2) is 6.61 Å². The number of halogens is 1. The number of piperidine rings is 1. The van der Waals surface area contributed by atoms with E-state index >= 15 is 0 Å². The molecule has 32 heavy (non-hydrogen) atoms. The van der Waals surface area contributed by atoms with Crippen molar-refractivity contribution in [1.29, 1.82) is 0 Å². The zero-order valence-corrected chi connectivity index (χ0v) is 18.0. The number of pyridine rings is 1. The molecule has 7 nitrogen and oxygen atoms in total. The van der Waals surface area contributed by atoms with Crippen LogP contribution in [0.25, 0.3) is 0 Å². The third-order valence-electron chi connectivity index (χ3n) is 6.29. The van der Waals surface area contributed by atoms with E-state index in [-0.39, 0.29) is 29.8 Å². The van der Waals surface area contributed by atoms with Crippen LogP contribution in [0.15, 0.2) is 48.8 Å². The van der Waals surface area contributed by atoms with Crippen LogP contribution in [-0.4, -0.2) is 60.1 Å². The molecule has 1 unspecified atom stereocenters. The van der Waals surface area contributed by atoms with Gasteiger partial charge in [-0.2, -0.15) is 0 Å². The van der Waals surface area contributed by atoms with Gasteiger partial charge in [-0.3, -0.25) is 14.6 Å². The number of hydrogen-bond acceptors (Lipinski definition) is 5. The number of aromatic nitrogens is 1. The van der Waals surface area contributed by atoms with Gasteiger partial charge in [-0.05, 0) is 68.0 Å². The summed E-state index contributed by atoms with van der Waals surface area (Å²) in [5.41, 5.74) is 0.371. The number of carbonyl (C=O) groups excluding carboxylic acids is 2. The molecule has 170 valence electrons. The van der Waals surface area contributed by atoms with E-state index in [0.717, 1.165) is 25.7 Å². The molecule has 0 saturated carbocycles. The largest absolute Gasteiger partial charge is 0.484 e. The first-order valence-electron chi connectivity index (χ1n) is 11.0. The molecule has 1 N–H and O–H groups in total. The number of carbonyl (C=O) groups is 2. The van der Waals surface area contributed by atoms with E-state index in [4.69, 9.17) is 9.47 Å². The Labute approximate surface area is 186 Å². The Morgan fingerprint density at radius 1 is 1.16 bits per heavy atom. The maximum absolute atomic E-state index is 13.0. The summed E-state index contributed by atoms with van der Waals surface area (Å²) in [4.78, 5) is 30.6. The first-order valence-corrected chi connectivity index (χ1v) is 11.0. The number of hydrogen-bond donors (Lipinski definition) is 1. The third-order valence-corrected chi connectivity index (χ3v) is 6.29. The van der Waals surface area contributed by atoms with Gasteiger partial charge in [0, 0.05) is 44.2 Å². The number of amides is 2. The lowest BCUT2D eigenvalue weighted by Gasteiger charge is -2.46. The highest BCUT2D eigenvalue weighted by atomic mass is 19.1. The normalized spacial score (nSPS) is 20.0. The van der Waals surface area contributed by atoms with Crippen LogP contribution in [0.5, 0.6) is 5.75 Å². The number of nitrogens with zero attached hydrogens (tertiary/aromatic N) is 2. The Morgan fingerprint density at radius 2 is 1.88 bits per heavy atom. The number of benzene rings is 1. The second-order valence-electron chi connectivity index (χ2n) is 8.46. The fraction of sp³-hybridized carbons (Fsp3) is 0.458. The topological polar surface area (TPSA) is 80.8 Å². The Bertz CT molecular complexity index is 915. The Hall–Kier alpha value is -3.00. The molecule has 2 fully saturated rings. The summed E-state index contributed by atoms with van der Waals surface area (Å²) < 4.78 is 24.6. The first kappa shape index (κ1) is 22.2. The Morgan fingerprint density at radius 3 is 2.59 bits per heavy atom. The third kappa shape index (κ3) is 5.62. The monoisotopic (exact) mass is 441 g/mol. The predicted octanol–water partition coefficient (Wildman–Crippen LogP) is 2.82. The molecular formula is C24H28FN3O4. The van der Waals surface area contributed by atoms with E-state index in [1.807, 2.05) is 0 Å². The van der Waals surface area contributed by atoms with Gasteiger partial charge < -0.3 is 19.7 Å². The van der Waals surface area contributed by atoms with Crippen molar-refractivity contribution in [1.82, 2.24) is 15.2 Å². The van der Waals surface area contributed by atoms with Crippen molar-refractivity contribution in [3.63, 3.8) is 0 Å². The van der Waals surface area contributed by atoms with Gasteiger partial charge in [0.25, 0.3) is 11.8 Å². The number of ether oxygens (including phenoxy) is 2. The Kier molecular flexibility index (Phi) is 6.99. The summed E-state index contributed by atoms with van der Waals surface area (Å²) >= 11 is 0. The van der Waals surface area contributed by atoms with Gasteiger partial charge in [-0.1, -0.05) is 0 Å². The van der Waals surface area contributed by atoms with Crippen molar-refractivity contribution in [3.8, 4) is 5.75 Å². The van der Waals surface area contributed by atoms with Gasteiger partial charge in [0.1, 0.15) is 11.6 Å². The van der Waals surface area contributed by atoms with E-state index in [2.05, 4.69) is 10.3 Å². The number of rotatable bonds is 6. The van der Waals surface area contributed by atoms with Crippen LogP contribution in [0, 0.1) is 11.7 Å². The van der Waals surface area contributed by atoms with Crippen molar-refractivity contribution < 1.29 is 23.5 Å². The van der Waals surface area contributed by atoms with Crippen LogP contribution in [-0.2, 0) is 9.53 Å². The van der Waals surface area contributed by atoms with Gasteiger partial charge in [-0.25, -0.2) is 4.39 Å². The standard InChI is InChI=1S/C24H28FN3O4/c25-20-1-3-21(4-2-20)31-17-22(29)28-12-8-24(9-13-28)15-18(7-14-32-24)16-27-23(30)19-5-10-26-11-6-19/h1-6,10-11,18H,7-9,12-17H2,(H,27,30). The molecule has 1 spiro atoms. The van der Waals surface area contributed by atoms with Gasteiger partial charge in [0.05, 0.1) is 5.60 Å². The summed E-state index contributed by atoms with van der Waals surface area (Å²) in [5.74, 6) is 0.308. The molecule has 2 aromatic rings. The molecule has 4 rings (SSSR count). The minimum atomic E-state index is -0.340. The second kappa shape index (κ2) is 10.1. The highest BCUT2D eigenvalue weighted by Gasteiger charge is 2.41. The molecule has 2 aliphatic heterocycles. The van der Waals surface area contributed by atoms with Crippen LogP contribution < -0.4 is 10.1 Å². The molecule has 2 amide bonds. The van der Waals surface area contributed by atoms with E-state index in [1.54, 1.807) is 29.4 Å². The summed E-state index contributed by atoms with van der Waals surface area (Å²) in [6.45, 7) is 2.43. The molecule has 1 atom stereocenters. The molecule has 0 aliphatic carbocycles. The molecule has 0 bridgehead atoms. The minimum absolute atomic E-state index is 0.0663. The maximum atomic E-state index is 13.0. The fourth-order valence-electron chi connectivity index (χ4n) is 4.43. The smallest absolute Gasteiger partial charge is 0.260 e. The Balaban J connectivity index is 1.22. The van der Waals surface area contributed by atoms with E-state index in [9.17, 15) is 14.0 Å². The van der Waals surface area contributed by atoms with Crippen LogP contribution in [0.3, 0.4) is 0 Å². The quantitative estimate of drug-likeness (QED) is 0.746. The molecular weight excluding hydrogens is 413 g/mol. The lowest BCUT2D eigenvalue weighted by molar-refractivity contribution is -0.148. The number of nitrogens with one attached hydrogen (secondary N) is 1. The minimum Gasteiger partial charge on any atom is -0.484 e. The zero-order chi connectivity index (χ0) is 22.4. The van der Waals surface area contributed by atoms with Gasteiger partial charge >= 0.3 is 0 Å². The average molecular weight is 442 g/mol. The summed E-state index contributed by atoms with van der Waals surface area (Å²) in [7, 11) is 0. The van der Waals surface area contributed by atoms with Crippen LogP contribution in [0.1, 0.15) is 36.0 Å². The number of likely N-dealkylation sites (tertiary alicyclic amines) is 1. The summed E-state index contributed by atoms with van der Waals surface area (Å²) in [6.07, 6.45) is 6.54. The second-order valence-corrected chi connectivity index (χ2v) is 8.46. The molecule has 1 aromatic heterocycles. The molecule has 8 heteroatoms. The van der Waals surface area contributed by atoms with Crippen molar-refractivity contribution in [2.24, 2.45) is 5.92 Å². The molecule has 1 aromatic carbocycles. The van der Waals surface area contributed by atoms with Crippen molar-refractivity contribution in [2.75, 3.05) is 32.8 Å². The summed E-state index contributed by atoms with van der Waals surface area (Å²) in [5, 5.41) is 3.03. The van der Waals surface area contributed by atoms with Crippen LogP contribution >= 0.6 is 0 Å². The fourth-order valence-corrected chi connectivity index (χ4v) is 4.43. The van der Waals surface area contributed by atoms with Crippen molar-refractivity contribution in [2.45, 2.75) is 31.3 Å². The zero-order valence-electron chi connectivity index (χ0n) is 18.0. The van der Waals surface area contributed by atoms with Crippen LogP contribution in [0.4, 0.5) is 4.39 Å². The van der Waals surface area contributed by atoms with Crippen molar-refractivity contribution in [3.05, 3.63) is 60.2 Å². The lowest BCUT2D eigenvalue weighted by Crippen LogP contribution is -2.52. The van der Waals surface area contributed by atoms with Crippen molar-refractivity contribution >= 4 is 11.8 Å². The van der Waals surface area contributed by atoms with E-state index < -0.39 is 0 Å². The van der Waals surface area contributed by atoms with Gasteiger partial charge in [-0.15, -0.1) is 0 Å². The van der Waals surface area contributed by atoms with Crippen LogP contribution in [0.2, 0.25) is 0 Å². The summed E-state index contributed by atoms with van der Waals surface area (Å²) in [6, 6.07) is 9.04. The lowest BCUT2D eigenvalue weighted by atomic mass is 9.79. The van der Waals surface area contributed by atoms with E-state index in [0.29, 0.717) is 43.5 Å².